The normalized spacial score (nSPS) is 22.0. The predicted octanol–water partition coefficient (Wildman–Crippen LogP) is 8.33. The van der Waals surface area contributed by atoms with Crippen molar-refractivity contribution in [2.75, 3.05) is 13.2 Å². The van der Waals surface area contributed by atoms with Crippen molar-refractivity contribution in [3.63, 3.8) is 0 Å². The summed E-state index contributed by atoms with van der Waals surface area (Å²) in [7, 11) is 0. The van der Waals surface area contributed by atoms with Gasteiger partial charge in [-0.2, -0.15) is 0 Å². The topological polar surface area (TPSA) is 149 Å². The second-order valence-electron chi connectivity index (χ2n) is 15.1. The van der Waals surface area contributed by atoms with Crippen LogP contribution in [-0.4, -0.2) is 87.5 Å². The Kier molecular flexibility index (Phi) is 32.0. The predicted molar refractivity (Wildman–Crippen MR) is 212 cm³/mol. The van der Waals surface area contributed by atoms with Gasteiger partial charge in [-0.25, -0.2) is 0 Å². The molecule has 1 aliphatic rings. The third kappa shape index (κ3) is 24.9. The van der Waals surface area contributed by atoms with Crippen LogP contribution in [0.2, 0.25) is 0 Å². The van der Waals surface area contributed by atoms with Crippen molar-refractivity contribution in [2.45, 2.75) is 230 Å². The molecule has 1 heterocycles. The molecule has 0 aromatic heterocycles. The number of aliphatic hydroxyl groups excluding tert-OH is 5. The Labute approximate surface area is 318 Å². The highest BCUT2D eigenvalue weighted by atomic mass is 16.7. The highest BCUT2D eigenvalue weighted by molar-refractivity contribution is 5.76. The maximum Gasteiger partial charge on any atom is 0.220 e. The van der Waals surface area contributed by atoms with E-state index in [2.05, 4.69) is 31.3 Å². The minimum absolute atomic E-state index is 0.187. The van der Waals surface area contributed by atoms with Crippen LogP contribution >= 0.6 is 0 Å². The summed E-state index contributed by atoms with van der Waals surface area (Å²) >= 11 is 0. The number of allylic oxidation sites excluding steroid dienone is 3. The molecule has 0 bridgehead atoms. The Morgan fingerprint density at radius 2 is 1.10 bits per heavy atom. The maximum atomic E-state index is 12.9. The van der Waals surface area contributed by atoms with E-state index in [0.717, 1.165) is 38.5 Å². The van der Waals surface area contributed by atoms with Crippen molar-refractivity contribution in [3.8, 4) is 0 Å². The van der Waals surface area contributed by atoms with Gasteiger partial charge in [-0.05, 0) is 32.1 Å². The number of amides is 1. The van der Waals surface area contributed by atoms with Crippen molar-refractivity contribution in [3.05, 3.63) is 24.3 Å². The molecule has 9 nitrogen and oxygen atoms in total. The molecule has 7 unspecified atom stereocenters. The third-order valence-electron chi connectivity index (χ3n) is 10.3. The maximum absolute atomic E-state index is 12.9. The highest BCUT2D eigenvalue weighted by Crippen LogP contribution is 2.22. The Balaban J connectivity index is 2.42. The van der Waals surface area contributed by atoms with E-state index in [1.54, 1.807) is 6.08 Å². The monoisotopic (exact) mass is 740 g/mol. The molecule has 0 aromatic rings. The highest BCUT2D eigenvalue weighted by Gasteiger charge is 2.44. The van der Waals surface area contributed by atoms with E-state index < -0.39 is 49.5 Å². The number of carbonyl (C=O) groups is 1. The van der Waals surface area contributed by atoms with Crippen LogP contribution in [-0.2, 0) is 14.3 Å². The molecular formula is C43H81NO8. The van der Waals surface area contributed by atoms with E-state index in [4.69, 9.17) is 9.47 Å². The fourth-order valence-corrected chi connectivity index (χ4v) is 6.76. The molecule has 0 aliphatic carbocycles. The molecule has 0 radical (unpaired) electrons. The molecule has 0 spiro atoms. The van der Waals surface area contributed by atoms with Crippen LogP contribution in [0.5, 0.6) is 0 Å². The van der Waals surface area contributed by atoms with E-state index in [9.17, 15) is 30.3 Å². The smallest absolute Gasteiger partial charge is 0.220 e. The summed E-state index contributed by atoms with van der Waals surface area (Å²) in [6, 6.07) is -0.815. The van der Waals surface area contributed by atoms with Crippen LogP contribution in [0.1, 0.15) is 187 Å². The Hall–Kier alpha value is -1.33. The van der Waals surface area contributed by atoms with E-state index in [1.807, 2.05) is 6.08 Å². The first-order chi connectivity index (χ1) is 25.3. The summed E-state index contributed by atoms with van der Waals surface area (Å²) in [6.45, 7) is 3.74. The van der Waals surface area contributed by atoms with Gasteiger partial charge in [-0.3, -0.25) is 4.79 Å². The molecule has 1 aliphatic heterocycles. The first-order valence-electron chi connectivity index (χ1n) is 21.6. The lowest BCUT2D eigenvalue weighted by Crippen LogP contribution is -2.60. The molecule has 306 valence electrons. The third-order valence-corrected chi connectivity index (χ3v) is 10.3. The second-order valence-corrected chi connectivity index (χ2v) is 15.1. The van der Waals surface area contributed by atoms with Gasteiger partial charge in [-0.1, -0.05) is 173 Å². The lowest BCUT2D eigenvalue weighted by Gasteiger charge is -2.40. The van der Waals surface area contributed by atoms with Gasteiger partial charge in [0.15, 0.2) is 6.29 Å². The number of carbonyl (C=O) groups excluding carboxylic acids is 1. The molecule has 1 fully saturated rings. The fourth-order valence-electron chi connectivity index (χ4n) is 6.76. The summed E-state index contributed by atoms with van der Waals surface area (Å²) < 4.78 is 11.2. The number of nitrogens with one attached hydrogen (secondary N) is 1. The molecule has 1 saturated heterocycles. The molecule has 1 rings (SSSR count). The van der Waals surface area contributed by atoms with Crippen molar-refractivity contribution in [2.24, 2.45) is 0 Å². The molecule has 52 heavy (non-hydrogen) atoms. The standard InChI is InChI=1S/C43H81NO8/c1-3-5-7-9-11-13-15-17-19-20-22-24-26-28-30-32-37(46)36(35-51-43-42(50)41(49)40(48)38(34-45)52-43)44-39(47)33-31-29-27-25-23-21-18-16-14-12-10-8-6-4-2/h22,24,30,32,36-38,40-43,45-46,48-50H,3-21,23,25-29,31,33-35H2,1-2H3,(H,44,47)/b24-22+,32-30+. The molecule has 6 N–H and O–H groups in total. The Morgan fingerprint density at radius 3 is 1.62 bits per heavy atom. The average Bonchev–Trinajstić information content (AvgIpc) is 3.14. The number of hydrogen-bond donors (Lipinski definition) is 6. The molecule has 1 amide bonds. The molecule has 0 saturated carbocycles. The molecular weight excluding hydrogens is 658 g/mol. The zero-order valence-corrected chi connectivity index (χ0v) is 33.3. The summed E-state index contributed by atoms with van der Waals surface area (Å²) in [4.78, 5) is 12.9. The largest absolute Gasteiger partial charge is 0.394 e. The molecule has 9 heteroatoms. The van der Waals surface area contributed by atoms with E-state index >= 15 is 0 Å². The lowest BCUT2D eigenvalue weighted by atomic mass is 9.99. The minimum atomic E-state index is -1.57. The van der Waals surface area contributed by atoms with Gasteiger partial charge in [-0.15, -0.1) is 0 Å². The summed E-state index contributed by atoms with van der Waals surface area (Å²) in [5, 5.41) is 54.0. The summed E-state index contributed by atoms with van der Waals surface area (Å²) in [6.07, 6.45) is 32.2. The van der Waals surface area contributed by atoms with Gasteiger partial charge in [0, 0.05) is 6.42 Å². The number of aliphatic hydroxyl groups is 5. The Morgan fingerprint density at radius 1 is 0.635 bits per heavy atom. The van der Waals surface area contributed by atoms with E-state index in [1.165, 1.54) is 128 Å². The van der Waals surface area contributed by atoms with Crippen molar-refractivity contribution >= 4 is 5.91 Å². The summed E-state index contributed by atoms with van der Waals surface area (Å²) in [5.74, 6) is -0.187. The van der Waals surface area contributed by atoms with Crippen LogP contribution in [0.15, 0.2) is 24.3 Å². The van der Waals surface area contributed by atoms with Crippen LogP contribution in [0.25, 0.3) is 0 Å². The Bertz CT molecular complexity index is 868. The van der Waals surface area contributed by atoms with E-state index in [-0.39, 0.29) is 12.5 Å². The minimum Gasteiger partial charge on any atom is -0.394 e. The van der Waals surface area contributed by atoms with Gasteiger partial charge in [0.2, 0.25) is 5.91 Å². The number of hydrogen-bond acceptors (Lipinski definition) is 8. The van der Waals surface area contributed by atoms with Crippen molar-refractivity contribution in [1.82, 2.24) is 5.32 Å². The van der Waals surface area contributed by atoms with Gasteiger partial charge in [0.05, 0.1) is 25.4 Å². The van der Waals surface area contributed by atoms with Crippen molar-refractivity contribution < 1.29 is 39.8 Å². The number of ether oxygens (including phenoxy) is 2. The van der Waals surface area contributed by atoms with Crippen LogP contribution in [0, 0.1) is 0 Å². The quantitative estimate of drug-likeness (QED) is 0.0281. The fraction of sp³-hybridized carbons (Fsp3) is 0.884. The second kappa shape index (κ2) is 34.2. The van der Waals surface area contributed by atoms with Gasteiger partial charge < -0.3 is 40.3 Å². The van der Waals surface area contributed by atoms with Gasteiger partial charge in [0.25, 0.3) is 0 Å². The van der Waals surface area contributed by atoms with Gasteiger partial charge >= 0.3 is 0 Å². The first-order valence-corrected chi connectivity index (χ1v) is 21.6. The first kappa shape index (κ1) is 48.7. The van der Waals surface area contributed by atoms with Gasteiger partial charge in [0.1, 0.15) is 24.4 Å². The van der Waals surface area contributed by atoms with Crippen LogP contribution in [0.3, 0.4) is 0 Å². The average molecular weight is 740 g/mol. The van der Waals surface area contributed by atoms with Crippen molar-refractivity contribution in [1.29, 1.82) is 0 Å². The SMILES string of the molecule is CCCCCCCCCCC/C=C/CC/C=C/C(O)C(COC1OC(CO)C(O)C(O)C1O)NC(=O)CCCCCCCCCCCCCCCC. The van der Waals surface area contributed by atoms with Crippen LogP contribution in [0.4, 0.5) is 0 Å². The zero-order valence-electron chi connectivity index (χ0n) is 33.3. The molecule has 7 atom stereocenters. The van der Waals surface area contributed by atoms with E-state index in [0.29, 0.717) is 6.42 Å². The lowest BCUT2D eigenvalue weighted by molar-refractivity contribution is -0.302. The summed E-state index contributed by atoms with van der Waals surface area (Å²) in [5.41, 5.74) is 0. The molecule has 0 aromatic carbocycles. The van der Waals surface area contributed by atoms with Crippen LogP contribution < -0.4 is 5.32 Å². The number of unbranched alkanes of at least 4 members (excludes halogenated alkanes) is 23. The zero-order chi connectivity index (χ0) is 38.1. The number of rotatable bonds is 35.